The van der Waals surface area contributed by atoms with Crippen LogP contribution in [0.5, 0.6) is 0 Å². The van der Waals surface area contributed by atoms with E-state index in [1.807, 2.05) is 0 Å². The lowest BCUT2D eigenvalue weighted by atomic mass is 9.93. The Balaban J connectivity index is 1.73. The highest BCUT2D eigenvalue weighted by Crippen LogP contribution is 2.29. The van der Waals surface area contributed by atoms with Gasteiger partial charge in [-0.15, -0.1) is 0 Å². The summed E-state index contributed by atoms with van der Waals surface area (Å²) in [7, 11) is 0. The summed E-state index contributed by atoms with van der Waals surface area (Å²) in [6.07, 6.45) is 1.41. The summed E-state index contributed by atoms with van der Waals surface area (Å²) in [5.74, 6) is -0.292. The zero-order valence-electron chi connectivity index (χ0n) is 16.2. The Morgan fingerprint density at radius 1 is 1.10 bits per heavy atom. The maximum atomic E-state index is 12.5. The fraction of sp³-hybridized carbons (Fsp3) is 0.300. The zero-order valence-corrected chi connectivity index (χ0v) is 16.2. The van der Waals surface area contributed by atoms with Gasteiger partial charge in [-0.25, -0.2) is 10.2 Å². The lowest BCUT2D eigenvalue weighted by molar-refractivity contribution is 0.0829. The molecule has 0 bridgehead atoms. The van der Waals surface area contributed by atoms with E-state index in [9.17, 15) is 14.4 Å². The van der Waals surface area contributed by atoms with Crippen molar-refractivity contribution in [3.05, 3.63) is 58.5 Å². The summed E-state index contributed by atoms with van der Waals surface area (Å²) in [5, 5.41) is 4.12. The third kappa shape index (κ3) is 4.63. The van der Waals surface area contributed by atoms with Crippen molar-refractivity contribution in [1.82, 2.24) is 16.3 Å². The SMILES string of the molecule is CCOC(=O)N/N=C1\CCCc2oc(C(=O)NNC(=O)c3ccccc3)c(C)c21. The minimum atomic E-state index is -0.644. The molecule has 0 fully saturated rings. The first kappa shape index (κ1) is 20.1. The predicted octanol–water partition coefficient (Wildman–Crippen LogP) is 2.45. The van der Waals surface area contributed by atoms with E-state index >= 15 is 0 Å². The molecule has 1 aliphatic carbocycles. The van der Waals surface area contributed by atoms with E-state index in [1.165, 1.54) is 0 Å². The molecule has 0 radical (unpaired) electrons. The largest absolute Gasteiger partial charge is 0.455 e. The number of benzene rings is 1. The van der Waals surface area contributed by atoms with Crippen molar-refractivity contribution in [2.24, 2.45) is 5.10 Å². The molecule has 3 amide bonds. The first-order valence-electron chi connectivity index (χ1n) is 9.29. The summed E-state index contributed by atoms with van der Waals surface area (Å²) in [6, 6.07) is 8.52. The molecule has 1 aromatic carbocycles. The molecule has 9 nitrogen and oxygen atoms in total. The third-order valence-corrected chi connectivity index (χ3v) is 4.42. The fourth-order valence-electron chi connectivity index (χ4n) is 3.11. The maximum Gasteiger partial charge on any atom is 0.427 e. The Bertz CT molecular complexity index is 949. The van der Waals surface area contributed by atoms with Gasteiger partial charge >= 0.3 is 12.0 Å². The average molecular weight is 398 g/mol. The Morgan fingerprint density at radius 2 is 1.83 bits per heavy atom. The molecule has 0 spiro atoms. The fourth-order valence-corrected chi connectivity index (χ4v) is 3.11. The van der Waals surface area contributed by atoms with Gasteiger partial charge in [-0.05, 0) is 38.8 Å². The molecule has 0 saturated heterocycles. The molecule has 9 heteroatoms. The Labute approximate surface area is 167 Å². The van der Waals surface area contributed by atoms with Crippen molar-refractivity contribution in [2.45, 2.75) is 33.1 Å². The van der Waals surface area contributed by atoms with Gasteiger partial charge in [0, 0.05) is 23.1 Å². The van der Waals surface area contributed by atoms with E-state index in [0.29, 0.717) is 41.0 Å². The van der Waals surface area contributed by atoms with E-state index in [2.05, 4.69) is 21.4 Å². The topological polar surface area (TPSA) is 122 Å². The van der Waals surface area contributed by atoms with E-state index in [1.54, 1.807) is 44.2 Å². The van der Waals surface area contributed by atoms with E-state index in [-0.39, 0.29) is 12.4 Å². The molecule has 1 aromatic heterocycles. The van der Waals surface area contributed by atoms with Crippen LogP contribution in [0.1, 0.15) is 57.6 Å². The molecule has 0 unspecified atom stereocenters. The van der Waals surface area contributed by atoms with Gasteiger partial charge in [0.2, 0.25) is 0 Å². The summed E-state index contributed by atoms with van der Waals surface area (Å²) in [4.78, 5) is 36.1. The van der Waals surface area contributed by atoms with Gasteiger partial charge in [0.05, 0.1) is 12.3 Å². The lowest BCUT2D eigenvalue weighted by Gasteiger charge is -2.13. The first-order valence-corrected chi connectivity index (χ1v) is 9.29. The molecule has 152 valence electrons. The Morgan fingerprint density at radius 3 is 2.55 bits per heavy atom. The number of nitrogens with one attached hydrogen (secondary N) is 3. The molecule has 2 aromatic rings. The number of hydrazone groups is 1. The van der Waals surface area contributed by atoms with Gasteiger partial charge in [0.25, 0.3) is 5.91 Å². The van der Waals surface area contributed by atoms with Gasteiger partial charge in [-0.2, -0.15) is 5.10 Å². The minimum Gasteiger partial charge on any atom is -0.455 e. The first-order chi connectivity index (χ1) is 14.0. The van der Waals surface area contributed by atoms with Gasteiger partial charge in [-0.1, -0.05) is 18.2 Å². The second-order valence-electron chi connectivity index (χ2n) is 6.37. The Kier molecular flexibility index (Phi) is 6.28. The summed E-state index contributed by atoms with van der Waals surface area (Å²) in [5.41, 5.74) is 9.41. The number of carbonyl (C=O) groups is 3. The van der Waals surface area contributed by atoms with Crippen LogP contribution >= 0.6 is 0 Å². The van der Waals surface area contributed by atoms with Gasteiger partial charge < -0.3 is 9.15 Å². The zero-order chi connectivity index (χ0) is 20.8. The highest BCUT2D eigenvalue weighted by Gasteiger charge is 2.28. The van der Waals surface area contributed by atoms with Crippen LogP contribution in [0.4, 0.5) is 4.79 Å². The van der Waals surface area contributed by atoms with Crippen molar-refractivity contribution in [2.75, 3.05) is 6.61 Å². The monoisotopic (exact) mass is 398 g/mol. The normalized spacial score (nSPS) is 14.1. The van der Waals surface area contributed by atoms with Crippen LogP contribution in [0, 0.1) is 6.92 Å². The van der Waals surface area contributed by atoms with Crippen molar-refractivity contribution in [3.8, 4) is 0 Å². The summed E-state index contributed by atoms with van der Waals surface area (Å²) in [6.45, 7) is 3.68. The average Bonchev–Trinajstić information content (AvgIpc) is 3.08. The second-order valence-corrected chi connectivity index (χ2v) is 6.37. The van der Waals surface area contributed by atoms with Crippen LogP contribution in [0.25, 0.3) is 0 Å². The highest BCUT2D eigenvalue weighted by molar-refractivity contribution is 6.07. The summed E-state index contributed by atoms with van der Waals surface area (Å²) < 4.78 is 10.5. The number of hydrogen-bond acceptors (Lipinski definition) is 6. The number of hydrazine groups is 1. The van der Waals surface area contributed by atoms with Crippen LogP contribution in [0.3, 0.4) is 0 Å². The quantitative estimate of drug-likeness (QED) is 0.683. The lowest BCUT2D eigenvalue weighted by Crippen LogP contribution is -2.41. The van der Waals surface area contributed by atoms with Crippen LogP contribution in [0.15, 0.2) is 39.9 Å². The van der Waals surface area contributed by atoms with Crippen molar-refractivity contribution in [3.63, 3.8) is 0 Å². The third-order valence-electron chi connectivity index (χ3n) is 4.42. The number of amides is 3. The number of furan rings is 1. The molecule has 0 atom stereocenters. The van der Waals surface area contributed by atoms with Crippen molar-refractivity contribution >= 4 is 23.6 Å². The van der Waals surface area contributed by atoms with Crippen molar-refractivity contribution in [1.29, 1.82) is 0 Å². The number of hydrogen-bond donors (Lipinski definition) is 3. The predicted molar refractivity (Wildman–Crippen MR) is 104 cm³/mol. The molecule has 1 aliphatic rings. The number of aryl methyl sites for hydroxylation is 1. The van der Waals surface area contributed by atoms with Crippen LogP contribution in [-0.2, 0) is 11.2 Å². The Hall–Kier alpha value is -3.62. The molecule has 0 saturated carbocycles. The molecule has 29 heavy (non-hydrogen) atoms. The van der Waals surface area contributed by atoms with Gasteiger partial charge in [0.15, 0.2) is 5.76 Å². The van der Waals surface area contributed by atoms with E-state index in [0.717, 1.165) is 6.42 Å². The summed E-state index contributed by atoms with van der Waals surface area (Å²) >= 11 is 0. The number of nitrogens with zero attached hydrogens (tertiary/aromatic N) is 1. The standard InChI is InChI=1S/C20H22N4O5/c1-3-28-20(27)24-21-14-10-7-11-15-16(14)12(2)17(29-15)19(26)23-22-18(25)13-8-5-4-6-9-13/h4-6,8-9H,3,7,10-11H2,1-2H3,(H,22,25)(H,23,26)(H,24,27)/b21-14+. The molecule has 3 N–H and O–H groups in total. The number of rotatable bonds is 4. The maximum absolute atomic E-state index is 12.5. The minimum absolute atomic E-state index is 0.0918. The highest BCUT2D eigenvalue weighted by atomic mass is 16.5. The molecule has 3 rings (SSSR count). The van der Waals surface area contributed by atoms with E-state index < -0.39 is 17.9 Å². The molecular formula is C20H22N4O5. The van der Waals surface area contributed by atoms with Gasteiger partial charge in [0.1, 0.15) is 5.76 Å². The number of ether oxygens (including phenoxy) is 1. The van der Waals surface area contributed by atoms with Crippen LogP contribution in [-0.4, -0.2) is 30.2 Å². The van der Waals surface area contributed by atoms with E-state index in [4.69, 9.17) is 9.15 Å². The smallest absolute Gasteiger partial charge is 0.427 e. The second kappa shape index (κ2) is 9.05. The number of carbonyl (C=O) groups excluding carboxylic acids is 3. The van der Waals surface area contributed by atoms with Crippen LogP contribution < -0.4 is 16.3 Å². The van der Waals surface area contributed by atoms with Crippen LogP contribution in [0.2, 0.25) is 0 Å². The number of fused-ring (bicyclic) bond motifs is 1. The molecule has 0 aliphatic heterocycles. The molecule has 1 heterocycles. The van der Waals surface area contributed by atoms with Gasteiger partial charge in [-0.3, -0.25) is 20.4 Å². The van der Waals surface area contributed by atoms with Crippen molar-refractivity contribution < 1.29 is 23.5 Å². The molecular weight excluding hydrogens is 376 g/mol.